The summed E-state index contributed by atoms with van der Waals surface area (Å²) in [6.07, 6.45) is 1.01. The second-order valence-electron chi connectivity index (χ2n) is 6.49. The summed E-state index contributed by atoms with van der Waals surface area (Å²) >= 11 is 6.13. The zero-order valence-corrected chi connectivity index (χ0v) is 17.4. The number of nitro groups is 2. The summed E-state index contributed by atoms with van der Waals surface area (Å²) in [7, 11) is 0. The first-order valence-corrected chi connectivity index (χ1v) is 9.30. The molecule has 2 N–H and O–H groups in total. The van der Waals surface area contributed by atoms with Gasteiger partial charge in [0.15, 0.2) is 0 Å². The lowest BCUT2D eigenvalue weighted by atomic mass is 10.1. The number of benzene rings is 2. The van der Waals surface area contributed by atoms with Gasteiger partial charge in [0.2, 0.25) is 5.82 Å². The van der Waals surface area contributed by atoms with Gasteiger partial charge in [-0.3, -0.25) is 35.9 Å². The van der Waals surface area contributed by atoms with Crippen LogP contribution in [0.2, 0.25) is 5.02 Å². The molecule has 0 unspecified atom stereocenters. The van der Waals surface area contributed by atoms with E-state index < -0.39 is 21.4 Å². The van der Waals surface area contributed by atoms with Gasteiger partial charge in [0.05, 0.1) is 9.85 Å². The van der Waals surface area contributed by atoms with E-state index in [0.717, 1.165) is 12.4 Å². The number of rotatable bonds is 7. The molecule has 0 spiro atoms. The van der Waals surface area contributed by atoms with Crippen molar-refractivity contribution in [1.82, 2.24) is 15.4 Å². The molecule has 13 heteroatoms. The van der Waals surface area contributed by atoms with Crippen LogP contribution in [0.4, 0.5) is 17.2 Å². The predicted molar refractivity (Wildman–Crippen MR) is 114 cm³/mol. The van der Waals surface area contributed by atoms with Crippen molar-refractivity contribution in [3.8, 4) is 11.6 Å². The van der Waals surface area contributed by atoms with Crippen molar-refractivity contribution in [3.05, 3.63) is 84.7 Å². The second-order valence-corrected chi connectivity index (χ2v) is 6.87. The topological polar surface area (TPSA) is 162 Å². The van der Waals surface area contributed by atoms with Gasteiger partial charge in [0.1, 0.15) is 12.1 Å². The van der Waals surface area contributed by atoms with E-state index in [0.29, 0.717) is 16.1 Å². The smallest absolute Gasteiger partial charge is 0.374 e. The molecule has 0 saturated heterocycles. The largest absolute Gasteiger partial charge is 0.434 e. The molecular weight excluding hydrogens is 444 g/mol. The molecule has 1 amide bonds. The number of hydrogen-bond donors (Lipinski definition) is 2. The average molecular weight is 459 g/mol. The third-order valence-electron chi connectivity index (χ3n) is 4.21. The number of halogens is 1. The Hall–Kier alpha value is -4.32. The van der Waals surface area contributed by atoms with Gasteiger partial charge in [-0.05, 0) is 43.2 Å². The van der Waals surface area contributed by atoms with Crippen LogP contribution in [0.1, 0.15) is 21.5 Å². The second kappa shape index (κ2) is 9.22. The Balaban J connectivity index is 1.85. The molecule has 2 aromatic carbocycles. The van der Waals surface area contributed by atoms with Crippen LogP contribution in [-0.4, -0.2) is 25.7 Å². The molecule has 0 radical (unpaired) electrons. The fourth-order valence-corrected chi connectivity index (χ4v) is 2.83. The number of hydrazine groups is 1. The van der Waals surface area contributed by atoms with Crippen LogP contribution in [0.15, 0.2) is 42.7 Å². The Bertz CT molecular complexity index is 1210. The molecule has 164 valence electrons. The van der Waals surface area contributed by atoms with Gasteiger partial charge in [-0.1, -0.05) is 17.7 Å². The fourth-order valence-electron chi connectivity index (χ4n) is 2.72. The predicted octanol–water partition coefficient (Wildman–Crippen LogP) is 4.11. The van der Waals surface area contributed by atoms with E-state index in [-0.39, 0.29) is 28.7 Å². The minimum absolute atomic E-state index is 0.0352. The number of non-ortho nitro benzene ring substituents is 1. The number of nitrogens with one attached hydrogen (secondary N) is 2. The lowest BCUT2D eigenvalue weighted by Crippen LogP contribution is -2.30. The normalized spacial score (nSPS) is 10.3. The summed E-state index contributed by atoms with van der Waals surface area (Å²) in [5.41, 5.74) is 5.02. The van der Waals surface area contributed by atoms with Crippen LogP contribution >= 0.6 is 11.6 Å². The lowest BCUT2D eigenvalue weighted by molar-refractivity contribution is -0.385. The minimum atomic E-state index is -0.771. The zero-order valence-electron chi connectivity index (χ0n) is 16.7. The SMILES string of the molecule is Cc1cc(Oc2ncnc(NNC(=O)c3cccc([N+](=O)[O-])c3)c2[N+](=O)[O-])cc(C)c1Cl. The van der Waals surface area contributed by atoms with Crippen molar-refractivity contribution < 1.29 is 19.4 Å². The molecule has 12 nitrogen and oxygen atoms in total. The standard InChI is InChI=1S/C19H15ClN6O6/c1-10-6-14(7-11(2)15(10)20)32-19-16(26(30)31)17(21-9-22-19)23-24-18(27)12-4-3-5-13(8-12)25(28)29/h3-9H,1-2H3,(H,24,27)(H,21,22,23). The third-order valence-corrected chi connectivity index (χ3v) is 4.81. The van der Waals surface area contributed by atoms with Crippen molar-refractivity contribution in [1.29, 1.82) is 0 Å². The van der Waals surface area contributed by atoms with E-state index >= 15 is 0 Å². The maximum absolute atomic E-state index is 12.3. The van der Waals surface area contributed by atoms with Crippen LogP contribution in [0.25, 0.3) is 0 Å². The Morgan fingerprint density at radius 1 is 1.06 bits per heavy atom. The average Bonchev–Trinajstić information content (AvgIpc) is 2.75. The highest BCUT2D eigenvalue weighted by atomic mass is 35.5. The zero-order chi connectivity index (χ0) is 23.4. The van der Waals surface area contributed by atoms with Crippen LogP contribution in [-0.2, 0) is 0 Å². The molecule has 0 aliphatic carbocycles. The number of nitro benzene ring substituents is 1. The summed E-state index contributed by atoms with van der Waals surface area (Å²) in [4.78, 5) is 41.0. The summed E-state index contributed by atoms with van der Waals surface area (Å²) in [6.45, 7) is 3.51. The van der Waals surface area contributed by atoms with E-state index in [1.165, 1.54) is 18.2 Å². The van der Waals surface area contributed by atoms with Crippen LogP contribution in [0.3, 0.4) is 0 Å². The Labute approximate surface area is 185 Å². The highest BCUT2D eigenvalue weighted by Gasteiger charge is 2.26. The summed E-state index contributed by atoms with van der Waals surface area (Å²) < 4.78 is 5.58. The molecular formula is C19H15ClN6O6. The maximum atomic E-state index is 12.3. The van der Waals surface area contributed by atoms with Crippen molar-refractivity contribution >= 4 is 34.7 Å². The number of aromatic nitrogens is 2. The van der Waals surface area contributed by atoms with Gasteiger partial charge in [-0.25, -0.2) is 4.98 Å². The molecule has 0 aliphatic heterocycles. The molecule has 0 fully saturated rings. The van der Waals surface area contributed by atoms with Crippen molar-refractivity contribution in [2.24, 2.45) is 0 Å². The first kappa shape index (κ1) is 22.4. The molecule has 0 bridgehead atoms. The minimum Gasteiger partial charge on any atom is -0.434 e. The fraction of sp³-hybridized carbons (Fsp3) is 0.105. The molecule has 0 aliphatic rings. The Morgan fingerprint density at radius 2 is 1.75 bits per heavy atom. The summed E-state index contributed by atoms with van der Waals surface area (Å²) in [5, 5.41) is 23.1. The molecule has 1 aromatic heterocycles. The summed E-state index contributed by atoms with van der Waals surface area (Å²) in [6, 6.07) is 8.16. The molecule has 3 aromatic rings. The van der Waals surface area contributed by atoms with Gasteiger partial charge >= 0.3 is 11.6 Å². The Kier molecular flexibility index (Phi) is 6.45. The van der Waals surface area contributed by atoms with Gasteiger partial charge < -0.3 is 4.74 Å². The highest BCUT2D eigenvalue weighted by molar-refractivity contribution is 6.32. The third kappa shape index (κ3) is 4.87. The molecule has 32 heavy (non-hydrogen) atoms. The number of amides is 1. The number of ether oxygens (including phenoxy) is 1. The first-order valence-electron chi connectivity index (χ1n) is 8.92. The molecule has 3 rings (SSSR count). The van der Waals surface area contributed by atoms with Crippen molar-refractivity contribution in [2.45, 2.75) is 13.8 Å². The number of aryl methyl sites for hydroxylation is 2. The van der Waals surface area contributed by atoms with Crippen LogP contribution in [0, 0.1) is 34.1 Å². The van der Waals surface area contributed by atoms with E-state index in [1.807, 2.05) is 0 Å². The van der Waals surface area contributed by atoms with Gasteiger partial charge in [0, 0.05) is 22.7 Å². The molecule has 0 saturated carbocycles. The van der Waals surface area contributed by atoms with Crippen molar-refractivity contribution in [3.63, 3.8) is 0 Å². The quantitative estimate of drug-likeness (QED) is 0.391. The number of carbonyl (C=O) groups is 1. The monoisotopic (exact) mass is 458 g/mol. The number of carbonyl (C=O) groups excluding carboxylic acids is 1. The van der Waals surface area contributed by atoms with E-state index in [4.69, 9.17) is 16.3 Å². The highest BCUT2D eigenvalue weighted by Crippen LogP contribution is 2.35. The first-order chi connectivity index (χ1) is 15.2. The lowest BCUT2D eigenvalue weighted by Gasteiger charge is -2.11. The van der Waals surface area contributed by atoms with Crippen LogP contribution in [0.5, 0.6) is 11.6 Å². The van der Waals surface area contributed by atoms with E-state index in [9.17, 15) is 25.0 Å². The van der Waals surface area contributed by atoms with Gasteiger partial charge in [-0.15, -0.1) is 0 Å². The summed E-state index contributed by atoms with van der Waals surface area (Å²) in [5.74, 6) is -1.20. The van der Waals surface area contributed by atoms with E-state index in [2.05, 4.69) is 20.8 Å². The van der Waals surface area contributed by atoms with Gasteiger partial charge in [-0.2, -0.15) is 4.98 Å². The Morgan fingerprint density at radius 3 is 2.38 bits per heavy atom. The molecule has 1 heterocycles. The van der Waals surface area contributed by atoms with E-state index in [1.54, 1.807) is 26.0 Å². The maximum Gasteiger partial charge on any atom is 0.374 e. The van der Waals surface area contributed by atoms with Crippen molar-refractivity contribution in [2.75, 3.05) is 5.43 Å². The van der Waals surface area contributed by atoms with Crippen LogP contribution < -0.4 is 15.6 Å². The number of anilines is 1. The van der Waals surface area contributed by atoms with Gasteiger partial charge in [0.25, 0.3) is 11.6 Å². The molecule has 0 atom stereocenters. The number of nitrogens with zero attached hydrogens (tertiary/aromatic N) is 4. The number of hydrogen-bond acceptors (Lipinski definition) is 9.